The van der Waals surface area contributed by atoms with Crippen molar-refractivity contribution in [3.63, 3.8) is 0 Å². The van der Waals surface area contributed by atoms with Crippen molar-refractivity contribution in [2.45, 2.75) is 13.0 Å². The van der Waals surface area contributed by atoms with Crippen molar-refractivity contribution in [2.24, 2.45) is 0 Å². The number of aromatic hydroxyl groups is 1. The fourth-order valence-corrected chi connectivity index (χ4v) is 2.57. The van der Waals surface area contributed by atoms with Crippen molar-refractivity contribution in [1.82, 2.24) is 10.2 Å². The lowest BCUT2D eigenvalue weighted by Gasteiger charge is -2.33. The molecule has 1 aromatic carbocycles. The van der Waals surface area contributed by atoms with Crippen molar-refractivity contribution >= 4 is 5.69 Å². The van der Waals surface area contributed by atoms with Crippen molar-refractivity contribution in [3.8, 4) is 5.75 Å². The van der Waals surface area contributed by atoms with Gasteiger partial charge in [0.25, 0.3) is 5.69 Å². The molecule has 0 amide bonds. The van der Waals surface area contributed by atoms with Crippen LogP contribution < -0.4 is 5.32 Å². The number of aryl methyl sites for hydroxylation is 1. The van der Waals surface area contributed by atoms with Crippen LogP contribution in [-0.4, -0.2) is 41.1 Å². The van der Waals surface area contributed by atoms with Gasteiger partial charge < -0.3 is 10.4 Å². The van der Waals surface area contributed by atoms with Gasteiger partial charge in [-0.2, -0.15) is 0 Å². The average Bonchev–Trinajstić information content (AvgIpc) is 2.45. The quantitative estimate of drug-likeness (QED) is 0.498. The molecule has 1 aromatic rings. The zero-order valence-corrected chi connectivity index (χ0v) is 11.5. The predicted octanol–water partition coefficient (Wildman–Crippen LogP) is 1.74. The molecule has 1 aliphatic rings. The van der Waals surface area contributed by atoms with E-state index in [4.69, 9.17) is 0 Å². The first-order valence-corrected chi connectivity index (χ1v) is 6.60. The minimum Gasteiger partial charge on any atom is -0.507 e. The number of benzene rings is 1. The summed E-state index contributed by atoms with van der Waals surface area (Å²) < 4.78 is 0. The monoisotopic (exact) mass is 277 g/mol. The maximum Gasteiger partial charge on any atom is 0.278 e. The van der Waals surface area contributed by atoms with Crippen LogP contribution in [0.2, 0.25) is 0 Å². The summed E-state index contributed by atoms with van der Waals surface area (Å²) in [5, 5.41) is 24.7. The standard InChI is InChI=1S/C14H19N3O3/c1-3-11(16-8-6-15-7-9-16)13-12(17(19)20)5-4-10(2)14(13)18/h3-5,11,15,18H,1,6-9H2,2H3/t11-/m0/s1. The molecule has 2 rings (SSSR count). The lowest BCUT2D eigenvalue weighted by atomic mass is 9.98. The number of hydrogen-bond acceptors (Lipinski definition) is 5. The zero-order valence-electron chi connectivity index (χ0n) is 11.5. The molecule has 0 aromatic heterocycles. The Morgan fingerprint density at radius 1 is 1.50 bits per heavy atom. The molecule has 108 valence electrons. The van der Waals surface area contributed by atoms with Gasteiger partial charge in [-0.15, -0.1) is 6.58 Å². The number of phenolic OH excluding ortho intramolecular Hbond substituents is 1. The average molecular weight is 277 g/mol. The second-order valence-electron chi connectivity index (χ2n) is 4.89. The molecule has 0 unspecified atom stereocenters. The molecule has 1 saturated heterocycles. The van der Waals surface area contributed by atoms with Crippen molar-refractivity contribution < 1.29 is 10.0 Å². The number of nitro groups is 1. The summed E-state index contributed by atoms with van der Waals surface area (Å²) in [7, 11) is 0. The minimum absolute atomic E-state index is 0.0115. The Labute approximate surface area is 117 Å². The molecule has 6 nitrogen and oxygen atoms in total. The van der Waals surface area contributed by atoms with Gasteiger partial charge in [0.15, 0.2) is 0 Å². The second-order valence-corrected chi connectivity index (χ2v) is 4.89. The van der Waals surface area contributed by atoms with E-state index in [-0.39, 0.29) is 17.5 Å². The fourth-order valence-electron chi connectivity index (χ4n) is 2.57. The van der Waals surface area contributed by atoms with Crippen LogP contribution in [0.4, 0.5) is 5.69 Å². The minimum atomic E-state index is -0.451. The van der Waals surface area contributed by atoms with E-state index >= 15 is 0 Å². The smallest absolute Gasteiger partial charge is 0.278 e. The van der Waals surface area contributed by atoms with Crippen LogP contribution in [0.1, 0.15) is 17.2 Å². The first kappa shape index (κ1) is 14.5. The van der Waals surface area contributed by atoms with Crippen LogP contribution in [0.5, 0.6) is 5.75 Å². The third-order valence-electron chi connectivity index (χ3n) is 3.66. The van der Waals surface area contributed by atoms with E-state index in [1.807, 2.05) is 0 Å². The predicted molar refractivity (Wildman–Crippen MR) is 76.9 cm³/mol. The summed E-state index contributed by atoms with van der Waals surface area (Å²) in [5.74, 6) is -0.0115. The highest BCUT2D eigenvalue weighted by Gasteiger charge is 2.29. The summed E-state index contributed by atoms with van der Waals surface area (Å²) in [6, 6.07) is 2.66. The molecular formula is C14H19N3O3. The molecule has 2 N–H and O–H groups in total. The van der Waals surface area contributed by atoms with E-state index in [0.717, 1.165) is 26.2 Å². The number of nitro benzene ring substituents is 1. The normalized spacial score (nSPS) is 17.6. The molecule has 20 heavy (non-hydrogen) atoms. The molecule has 1 heterocycles. The number of piperazine rings is 1. The first-order chi connectivity index (χ1) is 9.56. The van der Waals surface area contributed by atoms with Crippen LogP contribution in [0.25, 0.3) is 0 Å². The Morgan fingerprint density at radius 2 is 2.15 bits per heavy atom. The van der Waals surface area contributed by atoms with Gasteiger partial charge in [-0.1, -0.05) is 6.08 Å². The van der Waals surface area contributed by atoms with E-state index in [0.29, 0.717) is 11.1 Å². The molecular weight excluding hydrogens is 258 g/mol. The van der Waals surface area contributed by atoms with E-state index in [1.165, 1.54) is 6.07 Å². The van der Waals surface area contributed by atoms with E-state index in [1.54, 1.807) is 19.1 Å². The summed E-state index contributed by atoms with van der Waals surface area (Å²) in [6.07, 6.45) is 1.66. The Bertz CT molecular complexity index is 525. The molecule has 0 radical (unpaired) electrons. The summed E-state index contributed by atoms with van der Waals surface area (Å²) >= 11 is 0. The zero-order chi connectivity index (χ0) is 14.7. The van der Waals surface area contributed by atoms with Gasteiger partial charge in [-0.25, -0.2) is 0 Å². The van der Waals surface area contributed by atoms with Crippen molar-refractivity contribution in [2.75, 3.05) is 26.2 Å². The lowest BCUT2D eigenvalue weighted by molar-refractivity contribution is -0.386. The van der Waals surface area contributed by atoms with Gasteiger partial charge in [0.1, 0.15) is 5.75 Å². The van der Waals surface area contributed by atoms with Crippen molar-refractivity contribution in [1.29, 1.82) is 0 Å². The number of nitrogens with zero attached hydrogens (tertiary/aromatic N) is 2. The maximum atomic E-state index is 11.2. The molecule has 0 spiro atoms. The third kappa shape index (κ3) is 2.66. The Balaban J connectivity index is 2.49. The highest BCUT2D eigenvalue weighted by atomic mass is 16.6. The summed E-state index contributed by atoms with van der Waals surface area (Å²) in [4.78, 5) is 12.9. The Kier molecular flexibility index (Phi) is 4.36. The lowest BCUT2D eigenvalue weighted by Crippen LogP contribution is -2.44. The van der Waals surface area contributed by atoms with Crippen LogP contribution in [0.3, 0.4) is 0 Å². The van der Waals surface area contributed by atoms with Crippen LogP contribution in [0, 0.1) is 17.0 Å². The van der Waals surface area contributed by atoms with Gasteiger partial charge >= 0.3 is 0 Å². The highest BCUT2D eigenvalue weighted by molar-refractivity contribution is 5.55. The van der Waals surface area contributed by atoms with Crippen LogP contribution in [-0.2, 0) is 0 Å². The SMILES string of the molecule is C=C[C@@H](c1c([N+](=O)[O-])ccc(C)c1O)N1CCNCC1. The van der Waals surface area contributed by atoms with Gasteiger partial charge in [0, 0.05) is 32.2 Å². The van der Waals surface area contributed by atoms with Gasteiger partial charge in [0.2, 0.25) is 0 Å². The van der Waals surface area contributed by atoms with Gasteiger partial charge in [-0.3, -0.25) is 15.0 Å². The van der Waals surface area contributed by atoms with Gasteiger partial charge in [-0.05, 0) is 18.6 Å². The topological polar surface area (TPSA) is 78.6 Å². The van der Waals surface area contributed by atoms with Crippen molar-refractivity contribution in [3.05, 3.63) is 46.0 Å². The molecule has 0 aliphatic carbocycles. The van der Waals surface area contributed by atoms with E-state index < -0.39 is 4.92 Å². The second kappa shape index (κ2) is 6.02. The summed E-state index contributed by atoms with van der Waals surface area (Å²) in [6.45, 7) is 8.70. The molecule has 1 fully saturated rings. The van der Waals surface area contributed by atoms with Crippen LogP contribution >= 0.6 is 0 Å². The third-order valence-corrected chi connectivity index (χ3v) is 3.66. The van der Waals surface area contributed by atoms with Gasteiger partial charge in [0.05, 0.1) is 16.5 Å². The van der Waals surface area contributed by atoms with Crippen LogP contribution in [0.15, 0.2) is 24.8 Å². The maximum absolute atomic E-state index is 11.2. The summed E-state index contributed by atoms with van der Waals surface area (Å²) in [5.41, 5.74) is 0.913. The Hall–Kier alpha value is -1.92. The Morgan fingerprint density at radius 3 is 2.70 bits per heavy atom. The van der Waals surface area contributed by atoms with E-state index in [2.05, 4.69) is 16.8 Å². The fraction of sp³-hybridized carbons (Fsp3) is 0.429. The van der Waals surface area contributed by atoms with E-state index in [9.17, 15) is 15.2 Å². The largest absolute Gasteiger partial charge is 0.507 e. The molecule has 0 bridgehead atoms. The molecule has 1 atom stereocenters. The first-order valence-electron chi connectivity index (χ1n) is 6.60. The number of hydrogen-bond donors (Lipinski definition) is 2. The number of nitrogens with one attached hydrogen (secondary N) is 1. The molecule has 1 aliphatic heterocycles. The number of phenols is 1. The molecule has 0 saturated carbocycles. The number of rotatable bonds is 4. The molecule has 6 heteroatoms. The highest BCUT2D eigenvalue weighted by Crippen LogP contribution is 2.39.